The molecular formula is C18H25N5O2. The lowest BCUT2D eigenvalue weighted by molar-refractivity contribution is -0.132. The van der Waals surface area contributed by atoms with Crippen LogP contribution >= 0.6 is 0 Å². The molecule has 3 rings (SSSR count). The molecule has 1 aromatic heterocycles. The van der Waals surface area contributed by atoms with Gasteiger partial charge < -0.3 is 10.0 Å². The van der Waals surface area contributed by atoms with E-state index in [9.17, 15) is 9.90 Å². The van der Waals surface area contributed by atoms with Gasteiger partial charge in [0.05, 0.1) is 6.10 Å². The summed E-state index contributed by atoms with van der Waals surface area (Å²) >= 11 is 0. The first-order valence-electron chi connectivity index (χ1n) is 8.80. The van der Waals surface area contributed by atoms with Crippen molar-refractivity contribution in [3.8, 4) is 11.4 Å². The topological polar surface area (TPSA) is 84.1 Å². The van der Waals surface area contributed by atoms with Crippen LogP contribution in [0.25, 0.3) is 11.4 Å². The number of carbonyl (C=O) groups is 1. The normalized spacial score (nSPS) is 20.4. The van der Waals surface area contributed by atoms with E-state index in [0.717, 1.165) is 36.8 Å². The molecule has 1 N–H and O–H groups in total. The van der Waals surface area contributed by atoms with Crippen LogP contribution in [0.3, 0.4) is 0 Å². The van der Waals surface area contributed by atoms with Crippen molar-refractivity contribution in [2.75, 3.05) is 13.6 Å². The Morgan fingerprint density at radius 3 is 2.72 bits per heavy atom. The second kappa shape index (κ2) is 7.74. The molecule has 25 heavy (non-hydrogen) atoms. The summed E-state index contributed by atoms with van der Waals surface area (Å²) in [5.74, 6) is 0.596. The Kier molecular flexibility index (Phi) is 5.43. The molecule has 134 valence electrons. The van der Waals surface area contributed by atoms with Gasteiger partial charge in [0.2, 0.25) is 11.7 Å². The molecule has 0 aliphatic heterocycles. The maximum atomic E-state index is 12.4. The number of carbonyl (C=O) groups excluding carboxylic acids is 1. The van der Waals surface area contributed by atoms with Gasteiger partial charge in [-0.05, 0) is 25.0 Å². The van der Waals surface area contributed by atoms with Crippen molar-refractivity contribution in [2.45, 2.75) is 45.3 Å². The number of aryl methyl sites for hydroxylation is 1. The Hall–Kier alpha value is -2.28. The van der Waals surface area contributed by atoms with Crippen LogP contribution in [0.2, 0.25) is 0 Å². The van der Waals surface area contributed by atoms with Gasteiger partial charge in [-0.1, -0.05) is 42.7 Å². The van der Waals surface area contributed by atoms with Gasteiger partial charge in [0.25, 0.3) is 0 Å². The van der Waals surface area contributed by atoms with Gasteiger partial charge in [0.1, 0.15) is 6.54 Å². The van der Waals surface area contributed by atoms with Gasteiger partial charge in [0.15, 0.2) is 0 Å². The van der Waals surface area contributed by atoms with E-state index in [2.05, 4.69) is 15.4 Å². The molecule has 1 fully saturated rings. The lowest BCUT2D eigenvalue weighted by atomic mass is 9.86. The summed E-state index contributed by atoms with van der Waals surface area (Å²) in [6, 6.07) is 7.86. The van der Waals surface area contributed by atoms with Crippen molar-refractivity contribution in [2.24, 2.45) is 5.92 Å². The van der Waals surface area contributed by atoms with Crippen molar-refractivity contribution in [1.82, 2.24) is 25.1 Å². The number of hydrogen-bond donors (Lipinski definition) is 1. The molecule has 1 heterocycles. The lowest BCUT2D eigenvalue weighted by Gasteiger charge is -2.31. The predicted molar refractivity (Wildman–Crippen MR) is 93.6 cm³/mol. The molecule has 0 spiro atoms. The Bertz CT molecular complexity index is 713. The predicted octanol–water partition coefficient (Wildman–Crippen LogP) is 1.66. The van der Waals surface area contributed by atoms with E-state index >= 15 is 0 Å². The van der Waals surface area contributed by atoms with E-state index in [0.29, 0.717) is 12.4 Å². The molecule has 1 aliphatic rings. The summed E-state index contributed by atoms with van der Waals surface area (Å²) in [7, 11) is 1.77. The molecule has 2 atom stereocenters. The first-order valence-corrected chi connectivity index (χ1v) is 8.80. The molecule has 1 saturated carbocycles. The monoisotopic (exact) mass is 343 g/mol. The number of likely N-dealkylation sites (N-methyl/N-ethyl adjacent to an activating group) is 1. The number of benzene rings is 1. The van der Waals surface area contributed by atoms with E-state index in [1.807, 2.05) is 31.2 Å². The third-order valence-electron chi connectivity index (χ3n) is 4.84. The first kappa shape index (κ1) is 17.5. The molecule has 2 aromatic rings. The van der Waals surface area contributed by atoms with Crippen molar-refractivity contribution in [1.29, 1.82) is 0 Å². The Labute approximate surface area is 147 Å². The summed E-state index contributed by atoms with van der Waals surface area (Å²) in [5, 5.41) is 22.4. The van der Waals surface area contributed by atoms with Crippen LogP contribution in [-0.4, -0.2) is 55.8 Å². The first-order chi connectivity index (χ1) is 12.0. The number of aliphatic hydroxyl groups excluding tert-OH is 1. The molecule has 1 aliphatic carbocycles. The number of rotatable bonds is 5. The van der Waals surface area contributed by atoms with Crippen LogP contribution in [0, 0.1) is 12.8 Å². The fourth-order valence-electron chi connectivity index (χ4n) is 3.22. The summed E-state index contributed by atoms with van der Waals surface area (Å²) in [6.07, 6.45) is 3.69. The summed E-state index contributed by atoms with van der Waals surface area (Å²) in [4.78, 5) is 15.4. The number of hydrogen-bond acceptors (Lipinski definition) is 5. The molecule has 7 nitrogen and oxygen atoms in total. The minimum atomic E-state index is -0.304. The number of nitrogens with zero attached hydrogens (tertiary/aromatic N) is 5. The zero-order valence-electron chi connectivity index (χ0n) is 14.8. The number of aromatic nitrogens is 4. The van der Waals surface area contributed by atoms with E-state index in [1.54, 1.807) is 11.9 Å². The molecular weight excluding hydrogens is 318 g/mol. The molecule has 2 unspecified atom stereocenters. The van der Waals surface area contributed by atoms with E-state index in [4.69, 9.17) is 0 Å². The largest absolute Gasteiger partial charge is 0.393 e. The van der Waals surface area contributed by atoms with Crippen molar-refractivity contribution < 1.29 is 9.90 Å². The van der Waals surface area contributed by atoms with Crippen LogP contribution in [0.15, 0.2) is 24.3 Å². The number of tetrazole rings is 1. The third-order valence-corrected chi connectivity index (χ3v) is 4.84. The average Bonchev–Trinajstić information content (AvgIpc) is 3.06. The highest BCUT2D eigenvalue weighted by atomic mass is 16.3. The average molecular weight is 343 g/mol. The third kappa shape index (κ3) is 4.42. The molecule has 7 heteroatoms. The maximum Gasteiger partial charge on any atom is 0.245 e. The van der Waals surface area contributed by atoms with Gasteiger partial charge >= 0.3 is 0 Å². The van der Waals surface area contributed by atoms with Gasteiger partial charge in [-0.25, -0.2) is 0 Å². The molecule has 0 saturated heterocycles. The second-order valence-electron chi connectivity index (χ2n) is 6.90. The number of amides is 1. The quantitative estimate of drug-likeness (QED) is 0.892. The highest BCUT2D eigenvalue weighted by Gasteiger charge is 2.25. The zero-order chi connectivity index (χ0) is 17.8. The SMILES string of the molecule is Cc1ccc(-c2nnn(CC(=O)N(C)CC3CCCCC3O)n2)cc1. The standard InChI is InChI=1S/C18H25N5O2/c1-13-7-9-14(10-8-13)18-19-21-23(20-18)12-17(25)22(2)11-15-5-3-4-6-16(15)24/h7-10,15-16,24H,3-6,11-12H2,1-2H3. The van der Waals surface area contributed by atoms with Gasteiger partial charge in [-0.2, -0.15) is 4.80 Å². The van der Waals surface area contributed by atoms with Crippen LogP contribution in [-0.2, 0) is 11.3 Å². The Balaban J connectivity index is 1.58. The zero-order valence-corrected chi connectivity index (χ0v) is 14.8. The number of aliphatic hydroxyl groups is 1. The molecule has 1 amide bonds. The Morgan fingerprint density at radius 1 is 1.28 bits per heavy atom. The van der Waals surface area contributed by atoms with Gasteiger partial charge in [-0.3, -0.25) is 4.79 Å². The molecule has 0 radical (unpaired) electrons. The van der Waals surface area contributed by atoms with E-state index in [-0.39, 0.29) is 24.5 Å². The van der Waals surface area contributed by atoms with Crippen LogP contribution < -0.4 is 0 Å². The fraction of sp³-hybridized carbons (Fsp3) is 0.556. The maximum absolute atomic E-state index is 12.4. The van der Waals surface area contributed by atoms with Crippen LogP contribution in [0.5, 0.6) is 0 Å². The van der Waals surface area contributed by atoms with Crippen molar-refractivity contribution in [3.05, 3.63) is 29.8 Å². The van der Waals surface area contributed by atoms with Crippen molar-refractivity contribution in [3.63, 3.8) is 0 Å². The van der Waals surface area contributed by atoms with E-state index in [1.165, 1.54) is 4.80 Å². The summed E-state index contributed by atoms with van der Waals surface area (Å²) in [6.45, 7) is 2.64. The molecule has 0 bridgehead atoms. The molecule has 1 aromatic carbocycles. The minimum Gasteiger partial charge on any atom is -0.393 e. The van der Waals surface area contributed by atoms with E-state index < -0.39 is 0 Å². The minimum absolute atomic E-state index is 0.0537. The second-order valence-corrected chi connectivity index (χ2v) is 6.90. The van der Waals surface area contributed by atoms with Crippen LogP contribution in [0.4, 0.5) is 0 Å². The smallest absolute Gasteiger partial charge is 0.245 e. The summed E-state index contributed by atoms with van der Waals surface area (Å²) in [5.41, 5.74) is 2.04. The highest BCUT2D eigenvalue weighted by Crippen LogP contribution is 2.24. The van der Waals surface area contributed by atoms with Crippen molar-refractivity contribution >= 4 is 5.91 Å². The van der Waals surface area contributed by atoms with Gasteiger partial charge in [-0.15, -0.1) is 10.2 Å². The Morgan fingerprint density at radius 2 is 2.00 bits per heavy atom. The highest BCUT2D eigenvalue weighted by molar-refractivity contribution is 5.75. The fourth-order valence-corrected chi connectivity index (χ4v) is 3.22. The summed E-state index contributed by atoms with van der Waals surface area (Å²) < 4.78 is 0. The lowest BCUT2D eigenvalue weighted by Crippen LogP contribution is -2.39. The van der Waals surface area contributed by atoms with Gasteiger partial charge in [0, 0.05) is 25.1 Å². The van der Waals surface area contributed by atoms with Crippen LogP contribution in [0.1, 0.15) is 31.2 Å².